The molecule has 0 aliphatic heterocycles. The zero-order valence-electron chi connectivity index (χ0n) is 18.2. The van der Waals surface area contributed by atoms with E-state index in [0.29, 0.717) is 69.0 Å². The maximum atomic E-state index is 13.3. The van der Waals surface area contributed by atoms with E-state index >= 15 is 0 Å². The van der Waals surface area contributed by atoms with Crippen LogP contribution in [0.25, 0.3) is 11.1 Å². The highest BCUT2D eigenvalue weighted by Gasteiger charge is 2.23. The van der Waals surface area contributed by atoms with Crippen LogP contribution >= 0.6 is 22.9 Å². The molecule has 4 rings (SSSR count). The Morgan fingerprint density at radius 1 is 1.27 bits per heavy atom. The van der Waals surface area contributed by atoms with Crippen LogP contribution in [0, 0.1) is 12.8 Å². The number of alkyl halides is 1. The molecule has 0 radical (unpaired) electrons. The highest BCUT2D eigenvalue weighted by molar-refractivity contribution is 7.17. The molecule has 1 amide bonds. The Morgan fingerprint density at radius 3 is 2.79 bits per heavy atom. The van der Waals surface area contributed by atoms with Gasteiger partial charge < -0.3 is 9.47 Å². The second kappa shape index (κ2) is 10.4. The van der Waals surface area contributed by atoms with Crippen molar-refractivity contribution in [3.63, 3.8) is 0 Å². The lowest BCUT2D eigenvalue weighted by Gasteiger charge is -2.23. The van der Waals surface area contributed by atoms with E-state index in [0.717, 1.165) is 24.2 Å². The lowest BCUT2D eigenvalue weighted by molar-refractivity contribution is 0.102. The summed E-state index contributed by atoms with van der Waals surface area (Å²) in [4.78, 5) is 21.4. The van der Waals surface area contributed by atoms with Gasteiger partial charge >= 0.3 is 0 Å². The topological polar surface area (TPSA) is 99.1 Å². The fraction of sp³-hybridized carbons (Fsp3) is 0.409. The Bertz CT molecular complexity index is 1140. The van der Waals surface area contributed by atoms with Gasteiger partial charge in [0.15, 0.2) is 0 Å². The van der Waals surface area contributed by atoms with Crippen molar-refractivity contribution < 1.29 is 18.7 Å². The third-order valence-electron chi connectivity index (χ3n) is 5.52. The number of aromatic nitrogens is 4. The molecule has 33 heavy (non-hydrogen) atoms. The first-order chi connectivity index (χ1) is 15.9. The molecule has 0 unspecified atom stereocenters. The third kappa shape index (κ3) is 5.56. The molecule has 174 valence electrons. The fourth-order valence-electron chi connectivity index (χ4n) is 3.81. The van der Waals surface area contributed by atoms with E-state index in [1.54, 1.807) is 25.3 Å². The number of anilines is 1. The number of pyridine rings is 2. The van der Waals surface area contributed by atoms with E-state index in [1.165, 1.54) is 13.3 Å². The fourth-order valence-corrected chi connectivity index (χ4v) is 4.59. The van der Waals surface area contributed by atoms with Crippen LogP contribution in [0.5, 0.6) is 10.9 Å². The van der Waals surface area contributed by atoms with Crippen molar-refractivity contribution in [2.24, 2.45) is 5.92 Å². The quantitative estimate of drug-likeness (QED) is 0.457. The lowest BCUT2D eigenvalue weighted by Crippen LogP contribution is -2.20. The zero-order chi connectivity index (χ0) is 23.4. The summed E-state index contributed by atoms with van der Waals surface area (Å²) in [5.41, 5.74) is 2.15. The van der Waals surface area contributed by atoms with Gasteiger partial charge in [0.05, 0.1) is 25.0 Å². The summed E-state index contributed by atoms with van der Waals surface area (Å²) in [7, 11) is 1.52. The standard InChI is InChI=1S/C22H23ClFN5O3S/c1-12-19(31-2)18(14-7-8-25-17(23)9-14)16(10-26-12)20(30)27-21-28-29-22(33-21)32-11-13-3-5-15(24)6-4-13/h7-10,13,15H,3-6,11H2,1-2H3,(H,27,28,30). The predicted molar refractivity (Wildman–Crippen MR) is 124 cm³/mol. The lowest BCUT2D eigenvalue weighted by atomic mass is 9.89. The van der Waals surface area contributed by atoms with Crippen molar-refractivity contribution in [2.45, 2.75) is 38.8 Å². The first kappa shape index (κ1) is 23.3. The van der Waals surface area contributed by atoms with Gasteiger partial charge in [-0.1, -0.05) is 16.7 Å². The van der Waals surface area contributed by atoms with Gasteiger partial charge in [0.1, 0.15) is 17.1 Å². The van der Waals surface area contributed by atoms with Gasteiger partial charge in [0.25, 0.3) is 11.1 Å². The molecule has 1 aliphatic rings. The molecule has 1 aliphatic carbocycles. The van der Waals surface area contributed by atoms with Gasteiger partial charge in [-0.3, -0.25) is 15.1 Å². The van der Waals surface area contributed by atoms with Crippen LogP contribution in [0.2, 0.25) is 5.15 Å². The van der Waals surface area contributed by atoms with E-state index in [4.69, 9.17) is 21.1 Å². The minimum atomic E-state index is -0.701. The number of aryl methyl sites for hydroxylation is 1. The first-order valence-electron chi connectivity index (χ1n) is 10.5. The van der Waals surface area contributed by atoms with Crippen LogP contribution in [-0.4, -0.2) is 46.0 Å². The van der Waals surface area contributed by atoms with Crippen LogP contribution in [0.4, 0.5) is 9.52 Å². The summed E-state index contributed by atoms with van der Waals surface area (Å²) in [6, 6.07) is 3.40. The third-order valence-corrected chi connectivity index (χ3v) is 6.48. The maximum Gasteiger partial charge on any atom is 0.295 e. The first-order valence-corrected chi connectivity index (χ1v) is 11.7. The van der Waals surface area contributed by atoms with Gasteiger partial charge in [0.2, 0.25) is 5.13 Å². The number of nitrogens with zero attached hydrogens (tertiary/aromatic N) is 4. The molecule has 1 N–H and O–H groups in total. The predicted octanol–water partition coefficient (Wildman–Crippen LogP) is 5.12. The van der Waals surface area contributed by atoms with Gasteiger partial charge in [0, 0.05) is 18.0 Å². The number of nitrogens with one attached hydrogen (secondary N) is 1. The van der Waals surface area contributed by atoms with Gasteiger partial charge in [-0.2, -0.15) is 0 Å². The van der Waals surface area contributed by atoms with E-state index in [2.05, 4.69) is 25.5 Å². The van der Waals surface area contributed by atoms with Gasteiger partial charge in [-0.05, 0) is 67.6 Å². The Balaban J connectivity index is 1.50. The van der Waals surface area contributed by atoms with Crippen LogP contribution in [0.15, 0.2) is 24.5 Å². The summed E-state index contributed by atoms with van der Waals surface area (Å²) in [5.74, 6) is 0.349. The molecule has 0 saturated heterocycles. The molecule has 11 heteroatoms. The molecular weight excluding hydrogens is 469 g/mol. The number of hydrogen-bond acceptors (Lipinski definition) is 8. The zero-order valence-corrected chi connectivity index (χ0v) is 19.7. The van der Waals surface area contributed by atoms with Crippen LogP contribution in [0.3, 0.4) is 0 Å². The SMILES string of the molecule is COc1c(C)ncc(C(=O)Nc2nnc(OCC3CCC(F)CC3)s2)c1-c1ccnc(Cl)c1. The van der Waals surface area contributed by atoms with Crippen molar-refractivity contribution in [3.8, 4) is 22.1 Å². The molecular formula is C22H23ClFN5O3S. The summed E-state index contributed by atoms with van der Waals surface area (Å²) in [5, 5.41) is 11.7. The molecule has 0 bridgehead atoms. The van der Waals surface area contributed by atoms with Crippen LogP contribution in [0.1, 0.15) is 41.7 Å². The smallest absolute Gasteiger partial charge is 0.295 e. The molecule has 1 fully saturated rings. The number of carbonyl (C=O) groups is 1. The van der Waals surface area contributed by atoms with Crippen molar-refractivity contribution in [1.82, 2.24) is 20.2 Å². The van der Waals surface area contributed by atoms with Crippen molar-refractivity contribution in [2.75, 3.05) is 19.0 Å². The van der Waals surface area contributed by atoms with Gasteiger partial charge in [-0.25, -0.2) is 9.37 Å². The summed E-state index contributed by atoms with van der Waals surface area (Å²) in [6.45, 7) is 2.25. The molecule has 0 aromatic carbocycles. The van der Waals surface area contributed by atoms with E-state index in [9.17, 15) is 9.18 Å². The normalized spacial score (nSPS) is 18.1. The van der Waals surface area contributed by atoms with E-state index < -0.39 is 12.1 Å². The monoisotopic (exact) mass is 491 g/mol. The molecule has 0 spiro atoms. The summed E-state index contributed by atoms with van der Waals surface area (Å²) >= 11 is 7.20. The Morgan fingerprint density at radius 2 is 2.06 bits per heavy atom. The number of ether oxygens (including phenoxy) is 2. The minimum absolute atomic E-state index is 0.292. The average molecular weight is 492 g/mol. The number of carbonyl (C=O) groups excluding carboxylic acids is 1. The molecule has 3 heterocycles. The van der Waals surface area contributed by atoms with Crippen molar-refractivity contribution >= 4 is 34.0 Å². The number of methoxy groups -OCH3 is 1. The highest BCUT2D eigenvalue weighted by Crippen LogP contribution is 2.36. The van der Waals surface area contributed by atoms with Crippen molar-refractivity contribution in [3.05, 3.63) is 40.9 Å². The van der Waals surface area contributed by atoms with Crippen LogP contribution in [-0.2, 0) is 0 Å². The second-order valence-corrected chi connectivity index (χ2v) is 9.12. The molecule has 0 atom stereocenters. The van der Waals surface area contributed by atoms with E-state index in [1.807, 2.05) is 0 Å². The minimum Gasteiger partial charge on any atom is -0.494 e. The molecule has 3 aromatic heterocycles. The molecule has 3 aromatic rings. The summed E-state index contributed by atoms with van der Waals surface area (Å²) < 4.78 is 24.5. The average Bonchev–Trinajstić information content (AvgIpc) is 3.25. The Hall–Kier alpha value is -2.85. The Labute approximate surface area is 199 Å². The maximum absolute atomic E-state index is 13.3. The number of amides is 1. The highest BCUT2D eigenvalue weighted by atomic mass is 35.5. The Kier molecular flexibility index (Phi) is 7.34. The van der Waals surface area contributed by atoms with E-state index in [-0.39, 0.29) is 0 Å². The number of hydrogen-bond donors (Lipinski definition) is 1. The second-order valence-electron chi connectivity index (χ2n) is 7.79. The molecule has 1 saturated carbocycles. The summed E-state index contributed by atoms with van der Waals surface area (Å²) in [6.07, 6.45) is 5.09. The van der Waals surface area contributed by atoms with Crippen LogP contribution < -0.4 is 14.8 Å². The molecule has 8 nitrogen and oxygen atoms in total. The number of rotatable bonds is 7. The van der Waals surface area contributed by atoms with Crippen molar-refractivity contribution in [1.29, 1.82) is 0 Å². The van der Waals surface area contributed by atoms with Gasteiger partial charge in [-0.15, -0.1) is 5.10 Å². The number of halogens is 2. The largest absolute Gasteiger partial charge is 0.494 e.